The fraction of sp³-hybridized carbons (Fsp3) is 0.415. The maximum atomic E-state index is 5.98. The molecule has 0 amide bonds. The van der Waals surface area contributed by atoms with Crippen LogP contribution in [0.15, 0.2) is 74.1 Å². The van der Waals surface area contributed by atoms with Crippen molar-refractivity contribution < 1.29 is 9.47 Å². The lowest BCUT2D eigenvalue weighted by atomic mass is 9.95. The van der Waals surface area contributed by atoms with Gasteiger partial charge in [-0.05, 0) is 75.4 Å². The van der Waals surface area contributed by atoms with Crippen LogP contribution in [0, 0.1) is 13.8 Å². The molecule has 17 heteroatoms. The number of ether oxygens (including phenoxy) is 2. The van der Waals surface area contributed by atoms with E-state index in [2.05, 4.69) is 64.1 Å². The molecule has 6 aromatic heterocycles. The summed E-state index contributed by atoms with van der Waals surface area (Å²) in [4.78, 5) is 38.7. The van der Waals surface area contributed by atoms with Crippen LogP contribution < -0.4 is 30.3 Å². The molecule has 2 fully saturated rings. The molecule has 8 heterocycles. The highest BCUT2D eigenvalue weighted by atomic mass is 35.5. The number of rotatable bonds is 4. The lowest BCUT2D eigenvalue weighted by molar-refractivity contribution is 0.192. The van der Waals surface area contributed by atoms with Gasteiger partial charge in [-0.2, -0.15) is 9.97 Å². The zero-order valence-electron chi connectivity index (χ0n) is 32.6. The Morgan fingerprint density at radius 1 is 0.655 bits per heavy atom. The fourth-order valence-electron chi connectivity index (χ4n) is 7.94. The Bertz CT molecular complexity index is 2300. The Morgan fingerprint density at radius 3 is 1.66 bits per heavy atom. The van der Waals surface area contributed by atoms with Gasteiger partial charge in [0.25, 0.3) is 0 Å². The van der Waals surface area contributed by atoms with E-state index < -0.39 is 0 Å². The van der Waals surface area contributed by atoms with Gasteiger partial charge < -0.3 is 39.5 Å². The summed E-state index contributed by atoms with van der Waals surface area (Å²) in [5.41, 5.74) is 9.55. The van der Waals surface area contributed by atoms with Crippen molar-refractivity contribution in [2.75, 3.05) is 48.2 Å². The molecule has 0 unspecified atom stereocenters. The van der Waals surface area contributed by atoms with Crippen LogP contribution in [0.5, 0.6) is 11.5 Å². The van der Waals surface area contributed by atoms with E-state index in [4.69, 9.17) is 31.8 Å². The molecule has 2 aliphatic heterocycles. The summed E-state index contributed by atoms with van der Waals surface area (Å²) in [5, 5.41) is 3.48. The zero-order valence-corrected chi connectivity index (χ0v) is 33.4. The molecule has 0 atom stereocenters. The van der Waals surface area contributed by atoms with Crippen molar-refractivity contribution in [1.82, 2.24) is 49.0 Å². The number of aromatic nitrogens is 10. The predicted molar refractivity (Wildman–Crippen MR) is 226 cm³/mol. The monoisotopic (exact) mass is 806 g/mol. The third-order valence-corrected chi connectivity index (χ3v) is 11.5. The largest absolute Gasteiger partial charge is 0.486 e. The SMILES string of the molecule is C.CN1c2nc(Cl)ncc2OCC12CCCC2.Cc1cn(-c2ccc(N)nc2)cn1.Cc1cn(-c2ccc(Nc3ncc4c(n3)N(C)C3(CCCC3)CO4)nc2)cn1. The Labute approximate surface area is 343 Å². The van der Waals surface area contributed by atoms with E-state index in [0.29, 0.717) is 24.2 Å². The van der Waals surface area contributed by atoms with E-state index in [-0.39, 0.29) is 23.8 Å². The van der Waals surface area contributed by atoms with Gasteiger partial charge in [-0.1, -0.05) is 33.1 Å². The minimum atomic E-state index is 0. The van der Waals surface area contributed by atoms with E-state index in [1.54, 1.807) is 43.5 Å². The average Bonchev–Trinajstić information content (AvgIpc) is 4.06. The number of nitrogens with two attached hydrogens (primary N) is 1. The second-order valence-electron chi connectivity index (χ2n) is 15.1. The van der Waals surface area contributed by atoms with Crippen molar-refractivity contribution in [3.63, 3.8) is 0 Å². The fourth-order valence-corrected chi connectivity index (χ4v) is 8.07. The van der Waals surface area contributed by atoms with Crippen molar-refractivity contribution >= 4 is 40.8 Å². The van der Waals surface area contributed by atoms with Crippen LogP contribution in [-0.4, -0.2) is 87.4 Å². The van der Waals surface area contributed by atoms with E-state index in [0.717, 1.165) is 65.3 Å². The second kappa shape index (κ2) is 16.8. The number of nitrogens with one attached hydrogen (secondary N) is 1. The number of nitrogens with zero attached hydrogens (tertiary/aromatic N) is 12. The van der Waals surface area contributed by atoms with E-state index in [9.17, 15) is 0 Å². The summed E-state index contributed by atoms with van der Waals surface area (Å²) < 4.78 is 15.6. The number of nitrogen functional groups attached to an aromatic ring is 1. The second-order valence-corrected chi connectivity index (χ2v) is 15.4. The molecule has 0 bridgehead atoms. The highest BCUT2D eigenvalue weighted by Crippen LogP contribution is 2.45. The topological polar surface area (TPSA) is 176 Å². The Morgan fingerprint density at radius 2 is 1.17 bits per heavy atom. The summed E-state index contributed by atoms with van der Waals surface area (Å²) in [6.07, 6.45) is 24.0. The van der Waals surface area contributed by atoms with Gasteiger partial charge in [0.1, 0.15) is 24.8 Å². The van der Waals surface area contributed by atoms with Gasteiger partial charge >= 0.3 is 0 Å². The van der Waals surface area contributed by atoms with Crippen molar-refractivity contribution in [2.24, 2.45) is 0 Å². The highest BCUT2D eigenvalue weighted by Gasteiger charge is 2.44. The number of fused-ring (bicyclic) bond motifs is 2. The van der Waals surface area contributed by atoms with Crippen molar-refractivity contribution in [1.29, 1.82) is 0 Å². The molecule has 0 saturated heterocycles. The predicted octanol–water partition coefficient (Wildman–Crippen LogP) is 7.32. The molecular weight excluding hydrogens is 756 g/mol. The normalized spacial score (nSPS) is 16.8. The maximum absolute atomic E-state index is 5.98. The van der Waals surface area contributed by atoms with Crippen LogP contribution in [0.4, 0.5) is 29.2 Å². The van der Waals surface area contributed by atoms with E-state index >= 15 is 0 Å². The summed E-state index contributed by atoms with van der Waals surface area (Å²) >= 11 is 5.83. The minimum Gasteiger partial charge on any atom is -0.486 e. The number of hydrogen-bond donors (Lipinski definition) is 2. The molecule has 6 aromatic rings. The van der Waals surface area contributed by atoms with E-state index in [1.165, 1.54) is 38.5 Å². The minimum absolute atomic E-state index is 0. The number of hydrogen-bond acceptors (Lipinski definition) is 14. The first-order valence-electron chi connectivity index (χ1n) is 19.2. The van der Waals surface area contributed by atoms with Gasteiger partial charge in [0.15, 0.2) is 23.1 Å². The Hall–Kier alpha value is -6.03. The van der Waals surface area contributed by atoms with E-state index in [1.807, 2.05) is 53.6 Å². The lowest BCUT2D eigenvalue weighted by Crippen LogP contribution is -2.52. The third kappa shape index (κ3) is 8.33. The van der Waals surface area contributed by atoms with Crippen LogP contribution in [0.1, 0.15) is 70.2 Å². The number of anilines is 5. The highest BCUT2D eigenvalue weighted by molar-refractivity contribution is 6.28. The molecule has 304 valence electrons. The summed E-state index contributed by atoms with van der Waals surface area (Å²) in [6.45, 7) is 5.36. The molecule has 0 aromatic carbocycles. The molecule has 4 aliphatic rings. The average molecular weight is 807 g/mol. The lowest BCUT2D eigenvalue weighted by Gasteiger charge is -2.43. The van der Waals surface area contributed by atoms with Gasteiger partial charge in [-0.3, -0.25) is 0 Å². The summed E-state index contributed by atoms with van der Waals surface area (Å²) in [7, 11) is 4.19. The van der Waals surface area contributed by atoms with Crippen LogP contribution >= 0.6 is 11.6 Å². The zero-order chi connectivity index (χ0) is 39.6. The molecule has 2 aliphatic carbocycles. The van der Waals surface area contributed by atoms with Crippen LogP contribution in [-0.2, 0) is 0 Å². The first-order valence-corrected chi connectivity index (χ1v) is 19.6. The third-order valence-electron chi connectivity index (χ3n) is 11.3. The molecule has 2 spiro atoms. The van der Waals surface area contributed by atoms with Crippen LogP contribution in [0.25, 0.3) is 11.4 Å². The summed E-state index contributed by atoms with van der Waals surface area (Å²) in [5.74, 6) is 4.89. The molecule has 10 rings (SSSR count). The Balaban J connectivity index is 0.000000145. The number of imidazole rings is 2. The molecular formula is C41H51ClN14O2. The molecule has 0 radical (unpaired) electrons. The van der Waals surface area contributed by atoms with Crippen LogP contribution in [0.2, 0.25) is 5.28 Å². The van der Waals surface area contributed by atoms with Gasteiger partial charge in [0.05, 0.1) is 71.3 Å². The number of halogens is 1. The maximum Gasteiger partial charge on any atom is 0.230 e. The van der Waals surface area contributed by atoms with Crippen molar-refractivity contribution in [3.05, 3.63) is 90.8 Å². The smallest absolute Gasteiger partial charge is 0.230 e. The van der Waals surface area contributed by atoms with Crippen molar-refractivity contribution in [2.45, 2.75) is 83.7 Å². The quantitative estimate of drug-likeness (QED) is 0.170. The first-order chi connectivity index (χ1) is 27.6. The van der Waals surface area contributed by atoms with Gasteiger partial charge in [0, 0.05) is 26.5 Å². The molecule has 58 heavy (non-hydrogen) atoms. The number of pyridine rings is 2. The van der Waals surface area contributed by atoms with Gasteiger partial charge in [-0.15, -0.1) is 0 Å². The molecule has 16 nitrogen and oxygen atoms in total. The van der Waals surface area contributed by atoms with Crippen molar-refractivity contribution in [3.8, 4) is 22.9 Å². The number of aryl methyl sites for hydroxylation is 2. The first kappa shape index (κ1) is 40.2. The van der Waals surface area contributed by atoms with Gasteiger partial charge in [0.2, 0.25) is 11.2 Å². The summed E-state index contributed by atoms with van der Waals surface area (Å²) in [6, 6.07) is 7.57. The molecule has 2 saturated carbocycles. The number of likely N-dealkylation sites (N-methyl/N-ethyl adjacent to an activating group) is 2. The van der Waals surface area contributed by atoms with Gasteiger partial charge in [-0.25, -0.2) is 29.9 Å². The standard InChI is InChI=1S/C20H23N7O.C11H14ClN3O.C9H10N4.CH4/c1-14-11-27(13-23-14)15-5-6-17(21-9-15)24-19-22-10-16-18(25-19)26(2)20(12-28-16)7-3-4-8-20;1-15-9-8(6-13-10(12)14-9)16-7-11(15)4-2-3-5-11;1-7-5-13(6-12-7)8-2-3-9(10)11-4-8;/h5-6,9-11,13H,3-4,7-8,12H2,1-2H3,(H,21,22,24,25);6H,2-5,7H2,1H3;2-6H,1H3,(H2,10,11);1H4. The van der Waals surface area contributed by atoms with Crippen LogP contribution in [0.3, 0.4) is 0 Å². The molecule has 3 N–H and O–H groups in total. The Kier molecular flexibility index (Phi) is 11.7.